The van der Waals surface area contributed by atoms with E-state index < -0.39 is 5.82 Å². The van der Waals surface area contributed by atoms with Gasteiger partial charge in [0, 0.05) is 12.3 Å². The topological polar surface area (TPSA) is 130 Å². The number of aromatic nitrogens is 2. The predicted molar refractivity (Wildman–Crippen MR) is 86.2 cm³/mol. The van der Waals surface area contributed by atoms with E-state index in [0.29, 0.717) is 11.6 Å². The third kappa shape index (κ3) is 5.15. The summed E-state index contributed by atoms with van der Waals surface area (Å²) in [5.74, 6) is -0.899. The molecular formula is C13H15ClFN7O. The largest absolute Gasteiger partial charge is 0.489 e. The van der Waals surface area contributed by atoms with Crippen molar-refractivity contribution in [1.82, 2.24) is 9.78 Å². The van der Waals surface area contributed by atoms with Crippen LogP contribution in [0.1, 0.15) is 0 Å². The van der Waals surface area contributed by atoms with E-state index in [9.17, 15) is 4.39 Å². The number of nitrogens with two attached hydrogens (primary N) is 3. The monoisotopic (exact) mass is 339 g/mol. The van der Waals surface area contributed by atoms with Crippen molar-refractivity contribution in [2.24, 2.45) is 27.2 Å². The van der Waals surface area contributed by atoms with Crippen LogP contribution in [-0.4, -0.2) is 28.3 Å². The molecule has 0 amide bonds. The number of hydrogen-bond donors (Lipinski definition) is 3. The summed E-state index contributed by atoms with van der Waals surface area (Å²) in [6.07, 6.45) is 3.15. The van der Waals surface area contributed by atoms with Crippen LogP contribution in [0.2, 0.25) is 5.02 Å². The molecular weight excluding hydrogens is 325 g/mol. The van der Waals surface area contributed by atoms with Crippen molar-refractivity contribution in [3.8, 4) is 5.75 Å². The highest BCUT2D eigenvalue weighted by atomic mass is 35.5. The molecule has 122 valence electrons. The Morgan fingerprint density at radius 2 is 2.13 bits per heavy atom. The highest BCUT2D eigenvalue weighted by molar-refractivity contribution is 6.30. The fourth-order valence-corrected chi connectivity index (χ4v) is 1.83. The lowest BCUT2D eigenvalue weighted by Crippen LogP contribution is -2.26. The normalized spacial score (nSPS) is 11.3. The Kier molecular flexibility index (Phi) is 5.36. The Hall–Kier alpha value is -2.81. The molecule has 0 atom stereocenters. The molecule has 8 nitrogen and oxygen atoms in total. The third-order valence-electron chi connectivity index (χ3n) is 2.58. The van der Waals surface area contributed by atoms with Crippen LogP contribution in [0.15, 0.2) is 40.6 Å². The SMILES string of the molecule is NC(N)=NC(N)=Nc1ccc(OCCn2cc(Cl)cn2)c(F)c1. The fraction of sp³-hybridized carbons (Fsp3) is 0.154. The molecule has 1 heterocycles. The quantitative estimate of drug-likeness (QED) is 0.552. The summed E-state index contributed by atoms with van der Waals surface area (Å²) in [7, 11) is 0. The molecule has 0 fully saturated rings. The Bertz CT molecular complexity index is 740. The minimum absolute atomic E-state index is 0.0858. The Labute approximate surface area is 136 Å². The molecule has 0 aliphatic rings. The Morgan fingerprint density at radius 3 is 2.74 bits per heavy atom. The van der Waals surface area contributed by atoms with Crippen molar-refractivity contribution in [3.05, 3.63) is 41.4 Å². The number of nitrogens with zero attached hydrogens (tertiary/aromatic N) is 4. The molecule has 1 aromatic carbocycles. The first-order chi connectivity index (χ1) is 10.9. The summed E-state index contributed by atoms with van der Waals surface area (Å²) in [4.78, 5) is 7.39. The van der Waals surface area contributed by atoms with Gasteiger partial charge in [-0.2, -0.15) is 10.1 Å². The zero-order valence-corrected chi connectivity index (χ0v) is 12.7. The van der Waals surface area contributed by atoms with Gasteiger partial charge in [-0.3, -0.25) is 4.68 Å². The maximum absolute atomic E-state index is 13.9. The molecule has 1 aromatic heterocycles. The molecule has 0 unspecified atom stereocenters. The van der Waals surface area contributed by atoms with Gasteiger partial charge in [0.25, 0.3) is 0 Å². The predicted octanol–water partition coefficient (Wildman–Crippen LogP) is 0.974. The van der Waals surface area contributed by atoms with Gasteiger partial charge in [-0.1, -0.05) is 11.6 Å². The summed E-state index contributed by atoms with van der Waals surface area (Å²) in [6.45, 7) is 0.664. The van der Waals surface area contributed by atoms with Gasteiger partial charge in [-0.05, 0) is 12.1 Å². The number of ether oxygens (including phenoxy) is 1. The lowest BCUT2D eigenvalue weighted by Gasteiger charge is -2.07. The molecule has 0 bridgehead atoms. The third-order valence-corrected chi connectivity index (χ3v) is 2.78. The summed E-state index contributed by atoms with van der Waals surface area (Å²) in [5, 5.41) is 4.51. The molecule has 2 aromatic rings. The van der Waals surface area contributed by atoms with Gasteiger partial charge in [-0.25, -0.2) is 9.38 Å². The van der Waals surface area contributed by atoms with Gasteiger partial charge in [0.2, 0.25) is 5.96 Å². The number of guanidine groups is 2. The van der Waals surface area contributed by atoms with Crippen LogP contribution in [0.4, 0.5) is 10.1 Å². The molecule has 10 heteroatoms. The molecule has 2 rings (SSSR count). The number of aliphatic imine (C=N–C) groups is 2. The highest BCUT2D eigenvalue weighted by Gasteiger charge is 2.05. The van der Waals surface area contributed by atoms with Crippen LogP contribution in [-0.2, 0) is 6.54 Å². The number of benzene rings is 1. The second kappa shape index (κ2) is 7.45. The van der Waals surface area contributed by atoms with Gasteiger partial charge in [-0.15, -0.1) is 0 Å². The lowest BCUT2D eigenvalue weighted by molar-refractivity contribution is 0.278. The maximum Gasteiger partial charge on any atom is 0.223 e. The standard InChI is InChI=1S/C13H15ClFN7O/c14-8-6-19-22(7-8)3-4-23-11-2-1-9(5-10(11)15)20-13(18)21-12(16)17/h1-2,5-7H,3-4H2,(H6,16,17,18,20,21). The van der Waals surface area contributed by atoms with Crippen LogP contribution in [0.3, 0.4) is 0 Å². The molecule has 0 aliphatic carbocycles. The van der Waals surface area contributed by atoms with Crippen LogP contribution in [0, 0.1) is 5.82 Å². The van der Waals surface area contributed by atoms with E-state index in [-0.39, 0.29) is 30.0 Å². The zero-order chi connectivity index (χ0) is 16.8. The van der Waals surface area contributed by atoms with E-state index >= 15 is 0 Å². The van der Waals surface area contributed by atoms with E-state index in [1.54, 1.807) is 10.9 Å². The van der Waals surface area contributed by atoms with E-state index in [4.69, 9.17) is 33.5 Å². The number of rotatable bonds is 5. The summed E-state index contributed by atoms with van der Waals surface area (Å²) in [5.41, 5.74) is 16.1. The van der Waals surface area contributed by atoms with Crippen LogP contribution in [0.25, 0.3) is 0 Å². The second-order valence-corrected chi connectivity index (χ2v) is 4.83. The van der Waals surface area contributed by atoms with Crippen LogP contribution in [0.5, 0.6) is 5.75 Å². The Balaban J connectivity index is 1.97. The van der Waals surface area contributed by atoms with Crippen molar-refractivity contribution in [1.29, 1.82) is 0 Å². The molecule has 23 heavy (non-hydrogen) atoms. The maximum atomic E-state index is 13.9. The van der Waals surface area contributed by atoms with Crippen molar-refractivity contribution in [2.45, 2.75) is 6.54 Å². The summed E-state index contributed by atoms with van der Waals surface area (Å²) < 4.78 is 20.9. The zero-order valence-electron chi connectivity index (χ0n) is 12.0. The van der Waals surface area contributed by atoms with Crippen molar-refractivity contribution < 1.29 is 9.13 Å². The van der Waals surface area contributed by atoms with Gasteiger partial charge in [0.05, 0.1) is 23.5 Å². The summed E-state index contributed by atoms with van der Waals surface area (Å²) in [6, 6.07) is 4.13. The van der Waals surface area contributed by atoms with E-state index in [2.05, 4.69) is 15.1 Å². The van der Waals surface area contributed by atoms with Gasteiger partial charge < -0.3 is 21.9 Å². The van der Waals surface area contributed by atoms with Crippen molar-refractivity contribution in [2.75, 3.05) is 6.61 Å². The second-order valence-electron chi connectivity index (χ2n) is 4.39. The fourth-order valence-electron chi connectivity index (χ4n) is 1.68. The molecule has 0 saturated carbocycles. The minimum atomic E-state index is -0.581. The molecule has 0 spiro atoms. The van der Waals surface area contributed by atoms with Gasteiger partial charge in [0.1, 0.15) is 6.61 Å². The Morgan fingerprint density at radius 1 is 1.35 bits per heavy atom. The van der Waals surface area contributed by atoms with Crippen molar-refractivity contribution >= 4 is 29.2 Å². The van der Waals surface area contributed by atoms with E-state index in [1.807, 2.05) is 0 Å². The smallest absolute Gasteiger partial charge is 0.223 e. The first-order valence-electron chi connectivity index (χ1n) is 6.48. The van der Waals surface area contributed by atoms with E-state index in [1.165, 1.54) is 18.3 Å². The highest BCUT2D eigenvalue weighted by Crippen LogP contribution is 2.23. The number of hydrogen-bond acceptors (Lipinski definition) is 3. The average Bonchev–Trinajstić information content (AvgIpc) is 2.86. The van der Waals surface area contributed by atoms with Gasteiger partial charge >= 0.3 is 0 Å². The van der Waals surface area contributed by atoms with E-state index in [0.717, 1.165) is 6.07 Å². The van der Waals surface area contributed by atoms with Gasteiger partial charge in [0.15, 0.2) is 17.5 Å². The first kappa shape index (κ1) is 16.6. The van der Waals surface area contributed by atoms with Crippen molar-refractivity contribution in [3.63, 3.8) is 0 Å². The summed E-state index contributed by atoms with van der Waals surface area (Å²) >= 11 is 5.74. The number of halogens is 2. The molecule has 0 saturated heterocycles. The average molecular weight is 340 g/mol. The lowest BCUT2D eigenvalue weighted by atomic mass is 10.3. The molecule has 0 radical (unpaired) electrons. The minimum Gasteiger partial charge on any atom is -0.489 e. The van der Waals surface area contributed by atoms with Crippen LogP contribution < -0.4 is 21.9 Å². The van der Waals surface area contributed by atoms with Crippen LogP contribution >= 0.6 is 11.6 Å². The first-order valence-corrected chi connectivity index (χ1v) is 6.86. The molecule has 0 aliphatic heterocycles. The molecule has 6 N–H and O–H groups in total.